The van der Waals surface area contributed by atoms with Gasteiger partial charge in [0.15, 0.2) is 5.76 Å². The molecule has 0 saturated carbocycles. The summed E-state index contributed by atoms with van der Waals surface area (Å²) in [6.07, 6.45) is 1.35. The molecule has 1 fully saturated rings. The summed E-state index contributed by atoms with van der Waals surface area (Å²) >= 11 is 0. The third-order valence-corrected chi connectivity index (χ3v) is 4.26. The van der Waals surface area contributed by atoms with E-state index in [0.29, 0.717) is 30.1 Å². The number of hydrogen-bond donors (Lipinski definition) is 2. The van der Waals surface area contributed by atoms with E-state index in [9.17, 15) is 9.90 Å². The maximum Gasteiger partial charge on any atom is 0.289 e. The quantitative estimate of drug-likeness (QED) is 0.831. The standard InChI is InChI=1S/C16H20N2O3/c1-10(19)11-4-6-18(7-5-11)16(20)15-9-12-8-13(17)2-3-14(12)21-15/h2-3,8-11,19H,4-7,17H2,1H3. The number of hydrogen-bond acceptors (Lipinski definition) is 4. The molecule has 2 aromatic rings. The molecule has 0 aliphatic carbocycles. The molecule has 1 unspecified atom stereocenters. The lowest BCUT2D eigenvalue weighted by molar-refractivity contribution is 0.0500. The number of piperidine rings is 1. The molecule has 1 amide bonds. The van der Waals surface area contributed by atoms with Crippen LogP contribution >= 0.6 is 0 Å². The van der Waals surface area contributed by atoms with E-state index in [1.807, 2.05) is 6.92 Å². The van der Waals surface area contributed by atoms with Crippen molar-refractivity contribution in [3.05, 3.63) is 30.0 Å². The SMILES string of the molecule is CC(O)C1CCN(C(=O)c2cc3cc(N)ccc3o2)CC1. The highest BCUT2D eigenvalue weighted by Gasteiger charge is 2.27. The molecule has 0 spiro atoms. The molecule has 3 rings (SSSR count). The van der Waals surface area contributed by atoms with Crippen molar-refractivity contribution >= 4 is 22.6 Å². The lowest BCUT2D eigenvalue weighted by Crippen LogP contribution is -2.40. The molecular weight excluding hydrogens is 268 g/mol. The molecule has 0 bridgehead atoms. The van der Waals surface area contributed by atoms with Crippen LogP contribution in [0.15, 0.2) is 28.7 Å². The Balaban J connectivity index is 1.75. The number of aliphatic hydroxyl groups is 1. The van der Waals surface area contributed by atoms with Crippen LogP contribution in [0.2, 0.25) is 0 Å². The van der Waals surface area contributed by atoms with E-state index in [2.05, 4.69) is 0 Å². The van der Waals surface area contributed by atoms with Gasteiger partial charge in [-0.25, -0.2) is 0 Å². The van der Waals surface area contributed by atoms with E-state index >= 15 is 0 Å². The Labute approximate surface area is 123 Å². The summed E-state index contributed by atoms with van der Waals surface area (Å²) in [6, 6.07) is 7.08. The van der Waals surface area contributed by atoms with Crippen molar-refractivity contribution in [2.45, 2.75) is 25.9 Å². The first kappa shape index (κ1) is 13.9. The molecule has 1 aliphatic heterocycles. The molecule has 1 aromatic carbocycles. The van der Waals surface area contributed by atoms with Gasteiger partial charge in [0.05, 0.1) is 6.10 Å². The van der Waals surface area contributed by atoms with Gasteiger partial charge in [0, 0.05) is 24.2 Å². The molecule has 1 atom stereocenters. The van der Waals surface area contributed by atoms with Crippen molar-refractivity contribution in [2.75, 3.05) is 18.8 Å². The van der Waals surface area contributed by atoms with Crippen LogP contribution in [-0.4, -0.2) is 35.1 Å². The van der Waals surface area contributed by atoms with Crippen LogP contribution in [0.3, 0.4) is 0 Å². The van der Waals surface area contributed by atoms with Crippen LogP contribution in [0.5, 0.6) is 0 Å². The first-order chi connectivity index (χ1) is 10.0. The van der Waals surface area contributed by atoms with Crippen molar-refractivity contribution < 1.29 is 14.3 Å². The predicted octanol–water partition coefficient (Wildman–Crippen LogP) is 2.25. The zero-order valence-corrected chi connectivity index (χ0v) is 12.1. The number of nitrogen functional groups attached to an aromatic ring is 1. The summed E-state index contributed by atoms with van der Waals surface area (Å²) in [7, 11) is 0. The highest BCUT2D eigenvalue weighted by molar-refractivity contribution is 5.96. The fraction of sp³-hybridized carbons (Fsp3) is 0.438. The zero-order chi connectivity index (χ0) is 15.0. The van der Waals surface area contributed by atoms with E-state index in [4.69, 9.17) is 10.2 Å². The molecule has 1 saturated heterocycles. The van der Waals surface area contributed by atoms with Gasteiger partial charge in [0.25, 0.3) is 5.91 Å². The predicted molar refractivity (Wildman–Crippen MR) is 80.9 cm³/mol. The molecule has 1 aromatic heterocycles. The largest absolute Gasteiger partial charge is 0.451 e. The smallest absolute Gasteiger partial charge is 0.289 e. The van der Waals surface area contributed by atoms with Crippen molar-refractivity contribution in [2.24, 2.45) is 5.92 Å². The Morgan fingerprint density at radius 2 is 2.10 bits per heavy atom. The fourth-order valence-electron chi connectivity index (χ4n) is 2.91. The summed E-state index contributed by atoms with van der Waals surface area (Å²) in [6.45, 7) is 3.13. The normalized spacial score (nSPS) is 18.1. The van der Waals surface area contributed by atoms with Gasteiger partial charge in [-0.2, -0.15) is 0 Å². The Bertz CT molecular complexity index is 655. The first-order valence-electron chi connectivity index (χ1n) is 7.31. The van der Waals surface area contributed by atoms with Gasteiger partial charge in [-0.1, -0.05) is 0 Å². The van der Waals surface area contributed by atoms with Crippen molar-refractivity contribution in [3.8, 4) is 0 Å². The second kappa shape index (κ2) is 5.41. The summed E-state index contributed by atoms with van der Waals surface area (Å²) in [5, 5.41) is 10.5. The average Bonchev–Trinajstić information content (AvgIpc) is 2.89. The maximum atomic E-state index is 12.5. The fourth-order valence-corrected chi connectivity index (χ4v) is 2.91. The second-order valence-corrected chi connectivity index (χ2v) is 5.78. The summed E-state index contributed by atoms with van der Waals surface area (Å²) < 4.78 is 5.62. The first-order valence-corrected chi connectivity index (χ1v) is 7.31. The van der Waals surface area contributed by atoms with E-state index in [0.717, 1.165) is 18.2 Å². The van der Waals surface area contributed by atoms with Crippen molar-refractivity contribution in [1.82, 2.24) is 4.90 Å². The summed E-state index contributed by atoms with van der Waals surface area (Å²) in [5.74, 6) is 0.546. The highest BCUT2D eigenvalue weighted by Crippen LogP contribution is 2.25. The number of carbonyl (C=O) groups is 1. The molecule has 5 heteroatoms. The molecule has 5 nitrogen and oxygen atoms in total. The highest BCUT2D eigenvalue weighted by atomic mass is 16.3. The van der Waals surface area contributed by atoms with Crippen molar-refractivity contribution in [1.29, 1.82) is 0 Å². The molecule has 0 radical (unpaired) electrons. The van der Waals surface area contributed by atoms with E-state index in [1.54, 1.807) is 29.2 Å². The molecule has 3 N–H and O–H groups in total. The minimum atomic E-state index is -0.309. The monoisotopic (exact) mass is 288 g/mol. The lowest BCUT2D eigenvalue weighted by atomic mass is 9.92. The number of nitrogens with two attached hydrogens (primary N) is 1. The number of fused-ring (bicyclic) bond motifs is 1. The van der Waals surface area contributed by atoms with Crippen LogP contribution in [0, 0.1) is 5.92 Å². The van der Waals surface area contributed by atoms with Crippen LogP contribution in [-0.2, 0) is 0 Å². The van der Waals surface area contributed by atoms with Crippen LogP contribution in [0.4, 0.5) is 5.69 Å². The minimum absolute atomic E-state index is 0.0891. The van der Waals surface area contributed by atoms with Crippen LogP contribution < -0.4 is 5.73 Å². The Morgan fingerprint density at radius 3 is 2.76 bits per heavy atom. The number of aliphatic hydroxyl groups excluding tert-OH is 1. The molecule has 112 valence electrons. The van der Waals surface area contributed by atoms with Gasteiger partial charge < -0.3 is 20.2 Å². The van der Waals surface area contributed by atoms with Crippen molar-refractivity contribution in [3.63, 3.8) is 0 Å². The van der Waals surface area contributed by atoms with Gasteiger partial charge in [-0.05, 0) is 49.9 Å². The summed E-state index contributed by atoms with van der Waals surface area (Å²) in [4.78, 5) is 14.3. The number of rotatable bonds is 2. The molecule has 2 heterocycles. The van der Waals surface area contributed by atoms with Gasteiger partial charge in [0.2, 0.25) is 0 Å². The summed E-state index contributed by atoms with van der Waals surface area (Å²) in [5.41, 5.74) is 7.06. The number of amides is 1. The van der Waals surface area contributed by atoms with Gasteiger partial charge in [-0.15, -0.1) is 0 Å². The van der Waals surface area contributed by atoms with E-state index in [1.165, 1.54) is 0 Å². The number of likely N-dealkylation sites (tertiary alicyclic amines) is 1. The van der Waals surface area contributed by atoms with Gasteiger partial charge in [-0.3, -0.25) is 4.79 Å². The molecule has 1 aliphatic rings. The van der Waals surface area contributed by atoms with Crippen LogP contribution in [0.25, 0.3) is 11.0 Å². The van der Waals surface area contributed by atoms with Gasteiger partial charge >= 0.3 is 0 Å². The Kier molecular flexibility index (Phi) is 3.59. The number of anilines is 1. The van der Waals surface area contributed by atoms with Gasteiger partial charge in [0.1, 0.15) is 5.58 Å². The Morgan fingerprint density at radius 1 is 1.38 bits per heavy atom. The number of nitrogens with zero attached hydrogens (tertiary/aromatic N) is 1. The third kappa shape index (κ3) is 2.74. The lowest BCUT2D eigenvalue weighted by Gasteiger charge is -2.32. The average molecular weight is 288 g/mol. The molecular formula is C16H20N2O3. The molecule has 21 heavy (non-hydrogen) atoms. The van der Waals surface area contributed by atoms with Crippen LogP contribution in [0.1, 0.15) is 30.3 Å². The Hall–Kier alpha value is -2.01. The maximum absolute atomic E-state index is 12.5. The topological polar surface area (TPSA) is 79.7 Å². The minimum Gasteiger partial charge on any atom is -0.451 e. The number of benzene rings is 1. The van der Waals surface area contributed by atoms with E-state index in [-0.39, 0.29) is 17.9 Å². The number of carbonyl (C=O) groups excluding carboxylic acids is 1. The van der Waals surface area contributed by atoms with E-state index < -0.39 is 0 Å². The number of furan rings is 1. The third-order valence-electron chi connectivity index (χ3n) is 4.26. The zero-order valence-electron chi connectivity index (χ0n) is 12.1. The second-order valence-electron chi connectivity index (χ2n) is 5.78.